The molecule has 5 nitrogen and oxygen atoms in total. The molecule has 0 radical (unpaired) electrons. The molecule has 25 heavy (non-hydrogen) atoms. The van der Waals surface area contributed by atoms with Gasteiger partial charge in [0.2, 0.25) is 5.91 Å². The zero-order valence-corrected chi connectivity index (χ0v) is 15.8. The smallest absolute Gasteiger partial charge is 0.225 e. The first-order chi connectivity index (χ1) is 12.0. The van der Waals surface area contributed by atoms with E-state index >= 15 is 0 Å². The zero-order chi connectivity index (χ0) is 18.0. The summed E-state index contributed by atoms with van der Waals surface area (Å²) in [6.07, 6.45) is 6.16. The summed E-state index contributed by atoms with van der Waals surface area (Å²) in [4.78, 5) is 18.8. The van der Waals surface area contributed by atoms with Crippen LogP contribution < -0.4 is 5.32 Å². The van der Waals surface area contributed by atoms with Gasteiger partial charge in [0.05, 0.1) is 11.9 Å². The molecule has 1 fully saturated rings. The van der Waals surface area contributed by atoms with E-state index in [1.165, 1.54) is 11.3 Å². The van der Waals surface area contributed by atoms with Crippen molar-refractivity contribution in [3.8, 4) is 0 Å². The Kier molecular flexibility index (Phi) is 5.42. The van der Waals surface area contributed by atoms with E-state index < -0.39 is 0 Å². The number of hydrogen-bond donors (Lipinski definition) is 1. The van der Waals surface area contributed by atoms with Crippen LogP contribution >= 0.6 is 0 Å². The van der Waals surface area contributed by atoms with Crippen molar-refractivity contribution in [1.82, 2.24) is 19.6 Å². The second-order valence-corrected chi connectivity index (χ2v) is 7.57. The number of nitrogens with zero attached hydrogens (tertiary/aromatic N) is 3. The highest BCUT2D eigenvalue weighted by molar-refractivity contribution is 5.78. The molecule has 1 N–H and O–H groups in total. The van der Waals surface area contributed by atoms with Crippen LogP contribution in [-0.4, -0.2) is 39.3 Å². The average Bonchev–Trinajstić information content (AvgIpc) is 3.01. The summed E-state index contributed by atoms with van der Waals surface area (Å²) >= 11 is 0. The van der Waals surface area contributed by atoms with Crippen LogP contribution in [0, 0.1) is 18.8 Å². The van der Waals surface area contributed by atoms with Crippen LogP contribution in [0.2, 0.25) is 0 Å². The number of imidazole rings is 1. The van der Waals surface area contributed by atoms with Gasteiger partial charge in [0.25, 0.3) is 0 Å². The van der Waals surface area contributed by atoms with E-state index in [-0.39, 0.29) is 11.8 Å². The van der Waals surface area contributed by atoms with Crippen LogP contribution in [0.5, 0.6) is 0 Å². The Labute approximate surface area is 150 Å². The van der Waals surface area contributed by atoms with E-state index in [0.29, 0.717) is 12.0 Å². The number of fused-ring (bicyclic) bond motifs is 1. The lowest BCUT2D eigenvalue weighted by molar-refractivity contribution is -0.136. The zero-order valence-electron chi connectivity index (χ0n) is 15.8. The highest BCUT2D eigenvalue weighted by Gasteiger charge is 2.30. The molecule has 2 aromatic heterocycles. The van der Waals surface area contributed by atoms with Crippen molar-refractivity contribution >= 4 is 11.6 Å². The van der Waals surface area contributed by atoms with Crippen LogP contribution in [0.3, 0.4) is 0 Å². The third-order valence-corrected chi connectivity index (χ3v) is 5.35. The molecule has 0 bridgehead atoms. The van der Waals surface area contributed by atoms with Gasteiger partial charge in [0, 0.05) is 37.8 Å². The normalized spacial score (nSPS) is 21.2. The molecule has 1 amide bonds. The molecule has 3 heterocycles. The molecular formula is C20H30N4O. The van der Waals surface area contributed by atoms with Crippen molar-refractivity contribution < 1.29 is 4.79 Å². The van der Waals surface area contributed by atoms with Gasteiger partial charge in [-0.2, -0.15) is 0 Å². The summed E-state index contributed by atoms with van der Waals surface area (Å²) < 4.78 is 2.15. The van der Waals surface area contributed by atoms with Gasteiger partial charge in [-0.25, -0.2) is 4.98 Å². The van der Waals surface area contributed by atoms with E-state index in [1.807, 2.05) is 24.9 Å². The summed E-state index contributed by atoms with van der Waals surface area (Å²) in [5.74, 6) is 0.885. The van der Waals surface area contributed by atoms with Gasteiger partial charge >= 0.3 is 0 Å². The van der Waals surface area contributed by atoms with E-state index in [2.05, 4.69) is 46.9 Å². The number of carbonyl (C=O) groups excluding carboxylic acids is 1. The van der Waals surface area contributed by atoms with E-state index in [0.717, 1.165) is 38.1 Å². The Morgan fingerprint density at radius 1 is 1.44 bits per heavy atom. The van der Waals surface area contributed by atoms with Crippen LogP contribution in [-0.2, 0) is 11.3 Å². The van der Waals surface area contributed by atoms with Crippen molar-refractivity contribution in [3.05, 3.63) is 35.8 Å². The van der Waals surface area contributed by atoms with Crippen LogP contribution in [0.1, 0.15) is 44.9 Å². The molecule has 136 valence electrons. The van der Waals surface area contributed by atoms with E-state index in [4.69, 9.17) is 0 Å². The lowest BCUT2D eigenvalue weighted by atomic mass is 9.89. The molecule has 0 spiro atoms. The van der Waals surface area contributed by atoms with Gasteiger partial charge in [-0.1, -0.05) is 27.2 Å². The number of piperidine rings is 1. The van der Waals surface area contributed by atoms with Crippen LogP contribution in [0.15, 0.2) is 24.5 Å². The Morgan fingerprint density at radius 2 is 2.24 bits per heavy atom. The lowest BCUT2D eigenvalue weighted by Gasteiger charge is -2.39. The van der Waals surface area contributed by atoms with Crippen molar-refractivity contribution in [3.63, 3.8) is 0 Å². The molecule has 0 aromatic carbocycles. The molecular weight excluding hydrogens is 312 g/mol. The summed E-state index contributed by atoms with van der Waals surface area (Å²) in [7, 11) is 0. The number of hydrogen-bond acceptors (Lipinski definition) is 3. The molecule has 0 aliphatic carbocycles. The number of carbonyl (C=O) groups is 1. The highest BCUT2D eigenvalue weighted by Crippen LogP contribution is 2.22. The summed E-state index contributed by atoms with van der Waals surface area (Å²) in [6.45, 7) is 10.8. The first-order valence-electron chi connectivity index (χ1n) is 9.44. The molecule has 2 aromatic rings. The third-order valence-electron chi connectivity index (χ3n) is 5.35. The third kappa shape index (κ3) is 3.87. The maximum atomic E-state index is 12.3. The van der Waals surface area contributed by atoms with Gasteiger partial charge in [0.15, 0.2) is 0 Å². The largest absolute Gasteiger partial charge is 0.342 e. The molecule has 0 unspecified atom stereocenters. The Bertz CT molecular complexity index is 736. The van der Waals surface area contributed by atoms with Crippen LogP contribution in [0.4, 0.5) is 0 Å². The van der Waals surface area contributed by atoms with Gasteiger partial charge in [-0.05, 0) is 37.0 Å². The Hall–Kier alpha value is -1.88. The Balaban J connectivity index is 1.63. The molecule has 2 atom stereocenters. The summed E-state index contributed by atoms with van der Waals surface area (Å²) in [6, 6.07) is 4.68. The number of aryl methyl sites for hydroxylation is 1. The fourth-order valence-electron chi connectivity index (χ4n) is 3.78. The molecule has 1 aliphatic heterocycles. The second kappa shape index (κ2) is 7.56. The molecule has 1 aliphatic rings. The Morgan fingerprint density at radius 3 is 2.96 bits per heavy atom. The average molecular weight is 342 g/mol. The van der Waals surface area contributed by atoms with Gasteiger partial charge < -0.3 is 14.6 Å². The monoisotopic (exact) mass is 342 g/mol. The quantitative estimate of drug-likeness (QED) is 0.909. The number of pyridine rings is 1. The standard InChI is InChI=1S/C20H30N4O/c1-5-16-13-23(20(25)14(2)3)8-7-18(16)21-11-17-12-22-19-10-15(4)6-9-24(17)19/h6,9-10,12,14,16,18,21H,5,7-8,11,13H2,1-4H3/t16-,18-/m1/s1. The van der Waals surface area contributed by atoms with Crippen molar-refractivity contribution in [2.24, 2.45) is 11.8 Å². The first kappa shape index (κ1) is 17.9. The van der Waals surface area contributed by atoms with Crippen molar-refractivity contribution in [2.75, 3.05) is 13.1 Å². The van der Waals surface area contributed by atoms with Crippen LogP contribution in [0.25, 0.3) is 5.65 Å². The number of aromatic nitrogens is 2. The second-order valence-electron chi connectivity index (χ2n) is 7.57. The summed E-state index contributed by atoms with van der Waals surface area (Å²) in [5.41, 5.74) is 3.41. The SMILES string of the molecule is CC[C@@H]1CN(C(=O)C(C)C)CC[C@H]1NCc1cnc2cc(C)ccn12. The number of rotatable bonds is 5. The fraction of sp³-hybridized carbons (Fsp3) is 0.600. The number of likely N-dealkylation sites (tertiary alicyclic amines) is 1. The van der Waals surface area contributed by atoms with E-state index in [9.17, 15) is 4.79 Å². The molecule has 0 saturated carbocycles. The minimum atomic E-state index is 0.0867. The number of amides is 1. The topological polar surface area (TPSA) is 49.6 Å². The van der Waals surface area contributed by atoms with Crippen molar-refractivity contribution in [1.29, 1.82) is 0 Å². The van der Waals surface area contributed by atoms with E-state index in [1.54, 1.807) is 0 Å². The predicted octanol–water partition coefficient (Wildman–Crippen LogP) is 3.02. The van der Waals surface area contributed by atoms with Gasteiger partial charge in [0.1, 0.15) is 5.65 Å². The predicted molar refractivity (Wildman–Crippen MR) is 100 cm³/mol. The highest BCUT2D eigenvalue weighted by atomic mass is 16.2. The molecule has 5 heteroatoms. The minimum Gasteiger partial charge on any atom is -0.342 e. The minimum absolute atomic E-state index is 0.0867. The van der Waals surface area contributed by atoms with Crippen molar-refractivity contribution in [2.45, 2.75) is 53.1 Å². The maximum Gasteiger partial charge on any atom is 0.225 e. The van der Waals surface area contributed by atoms with Gasteiger partial charge in [-0.15, -0.1) is 0 Å². The molecule has 1 saturated heterocycles. The lowest BCUT2D eigenvalue weighted by Crippen LogP contribution is -2.51. The summed E-state index contributed by atoms with van der Waals surface area (Å²) in [5, 5.41) is 3.72. The maximum absolute atomic E-state index is 12.3. The molecule has 3 rings (SSSR count). The van der Waals surface area contributed by atoms with Gasteiger partial charge in [-0.3, -0.25) is 4.79 Å². The fourth-order valence-corrected chi connectivity index (χ4v) is 3.78. The number of nitrogens with one attached hydrogen (secondary N) is 1. The first-order valence-corrected chi connectivity index (χ1v) is 9.44.